The molecule has 0 unspecified atom stereocenters. The van der Waals surface area contributed by atoms with Crippen LogP contribution in [0.5, 0.6) is 5.75 Å². The van der Waals surface area contributed by atoms with E-state index in [0.29, 0.717) is 10.6 Å². The number of alkyl halides is 6. The molecular formula is C33H33ClF7N5O7. The van der Waals surface area contributed by atoms with Gasteiger partial charge in [0.2, 0.25) is 5.91 Å². The topological polar surface area (TPSA) is 149 Å². The van der Waals surface area contributed by atoms with E-state index in [4.69, 9.17) is 25.8 Å². The quantitative estimate of drug-likeness (QED) is 0.157. The van der Waals surface area contributed by atoms with Gasteiger partial charge >= 0.3 is 24.7 Å². The van der Waals surface area contributed by atoms with E-state index in [0.717, 1.165) is 25.4 Å². The van der Waals surface area contributed by atoms with E-state index in [1.807, 2.05) is 0 Å². The number of hydrogen-bond acceptors (Lipinski definition) is 9. The number of ether oxygens (including phenoxy) is 4. The number of halogens is 8. The molecule has 0 bridgehead atoms. The summed E-state index contributed by atoms with van der Waals surface area (Å²) in [4.78, 5) is 41.9. The van der Waals surface area contributed by atoms with Gasteiger partial charge in [0.1, 0.15) is 30.8 Å². The summed E-state index contributed by atoms with van der Waals surface area (Å²) in [5.41, 5.74) is 0.413. The van der Waals surface area contributed by atoms with Crippen LogP contribution in [0.1, 0.15) is 29.0 Å². The SMILES string of the molecule is COC(=O)N[C@H](C(=O)Nc1cncc(F)c1CC[C@@H]1CN[C@H](COC(=O)NCC(F)(F)F)CO1)[C@@H](c1ccc(Cl)cc1)c1cccc(OC(F)(F)F)c1. The van der Waals surface area contributed by atoms with Gasteiger partial charge in [-0.25, -0.2) is 14.0 Å². The molecular weight excluding hydrogens is 747 g/mol. The molecule has 0 radical (unpaired) electrons. The Morgan fingerprint density at radius 1 is 1.04 bits per heavy atom. The summed E-state index contributed by atoms with van der Waals surface area (Å²) in [6, 6.07) is 8.70. The molecule has 288 valence electrons. The lowest BCUT2D eigenvalue weighted by Crippen LogP contribution is -2.49. The standard InChI is InChI=1S/C33H33ClF7N5O7/c1-50-31(49)46-28(27(18-5-7-20(34)8-6-18)19-3-2-4-22(11-19)53-33(39,40)41)29(47)45-26-14-42-13-25(35)24(26)10-9-23-12-43-21(15-51-23)16-52-30(48)44-17-32(36,37)38/h2-8,11,13-14,21,23,27-28,43H,9-10,12,15-17H2,1H3,(H,44,48)(H,45,47)(H,46,49)/t21-,23+,27-,28-/m0/s1. The zero-order valence-corrected chi connectivity index (χ0v) is 28.4. The summed E-state index contributed by atoms with van der Waals surface area (Å²) in [6.07, 6.45) is -10.1. The van der Waals surface area contributed by atoms with E-state index in [-0.39, 0.29) is 49.4 Å². The Bertz CT molecular complexity index is 1710. The number of alkyl carbamates (subject to hydrolysis) is 2. The lowest BCUT2D eigenvalue weighted by molar-refractivity contribution is -0.274. The number of methoxy groups -OCH3 is 1. The highest BCUT2D eigenvalue weighted by Crippen LogP contribution is 2.34. The summed E-state index contributed by atoms with van der Waals surface area (Å²) < 4.78 is 111. The second-order valence-electron chi connectivity index (χ2n) is 11.6. The average Bonchev–Trinajstić information content (AvgIpc) is 3.09. The van der Waals surface area contributed by atoms with Gasteiger partial charge < -0.3 is 40.2 Å². The van der Waals surface area contributed by atoms with Crippen molar-refractivity contribution in [1.29, 1.82) is 0 Å². The Morgan fingerprint density at radius 3 is 2.42 bits per heavy atom. The van der Waals surface area contributed by atoms with Crippen molar-refractivity contribution in [2.75, 3.05) is 38.7 Å². The van der Waals surface area contributed by atoms with Gasteiger partial charge in [-0.2, -0.15) is 13.2 Å². The highest BCUT2D eigenvalue weighted by molar-refractivity contribution is 6.30. The minimum absolute atomic E-state index is 0.00383. The van der Waals surface area contributed by atoms with E-state index in [2.05, 4.69) is 25.7 Å². The highest BCUT2D eigenvalue weighted by Gasteiger charge is 2.36. The van der Waals surface area contributed by atoms with Crippen LogP contribution in [-0.2, 0) is 25.4 Å². The molecule has 0 saturated carbocycles. The number of nitrogens with one attached hydrogen (secondary N) is 4. The number of morpholine rings is 1. The molecule has 1 fully saturated rings. The molecule has 1 aliphatic heterocycles. The Morgan fingerprint density at radius 2 is 1.77 bits per heavy atom. The van der Waals surface area contributed by atoms with E-state index in [1.54, 1.807) is 5.32 Å². The van der Waals surface area contributed by atoms with Crippen LogP contribution in [0.4, 0.5) is 46.0 Å². The fraction of sp³-hybridized carbons (Fsp3) is 0.394. The van der Waals surface area contributed by atoms with E-state index in [1.165, 1.54) is 42.6 Å². The molecule has 2 aromatic carbocycles. The fourth-order valence-corrected chi connectivity index (χ4v) is 5.46. The maximum atomic E-state index is 15.2. The summed E-state index contributed by atoms with van der Waals surface area (Å²) in [5, 5.41) is 9.94. The van der Waals surface area contributed by atoms with Crippen LogP contribution in [-0.4, -0.2) is 87.2 Å². The average molecular weight is 780 g/mol. The molecule has 0 aliphatic carbocycles. The van der Waals surface area contributed by atoms with Crippen molar-refractivity contribution in [3.05, 3.63) is 88.5 Å². The van der Waals surface area contributed by atoms with Crippen molar-refractivity contribution in [2.24, 2.45) is 0 Å². The number of hydrogen-bond donors (Lipinski definition) is 4. The van der Waals surface area contributed by atoms with Crippen LogP contribution >= 0.6 is 11.6 Å². The minimum Gasteiger partial charge on any atom is -0.453 e. The van der Waals surface area contributed by atoms with Gasteiger partial charge in [-0.15, -0.1) is 13.2 Å². The van der Waals surface area contributed by atoms with Crippen LogP contribution in [0, 0.1) is 5.82 Å². The van der Waals surface area contributed by atoms with Gasteiger partial charge in [-0.05, 0) is 48.2 Å². The number of rotatable bonds is 13. The molecule has 20 heteroatoms. The first-order valence-corrected chi connectivity index (χ1v) is 16.1. The van der Waals surface area contributed by atoms with E-state index in [9.17, 15) is 40.7 Å². The maximum Gasteiger partial charge on any atom is 0.573 e. The Hall–Kier alpha value is -4.88. The molecule has 4 N–H and O–H groups in total. The number of benzene rings is 2. The lowest BCUT2D eigenvalue weighted by Gasteiger charge is -2.30. The molecule has 4 atom stereocenters. The summed E-state index contributed by atoms with van der Waals surface area (Å²) in [5.74, 6) is -3.45. The van der Waals surface area contributed by atoms with Crippen molar-refractivity contribution < 1.29 is 64.1 Å². The normalized spacial score (nSPS) is 17.2. The summed E-state index contributed by atoms with van der Waals surface area (Å²) in [6.45, 7) is -1.60. The zero-order chi connectivity index (χ0) is 38.8. The van der Waals surface area contributed by atoms with Gasteiger partial charge in [0.05, 0.1) is 43.9 Å². The highest BCUT2D eigenvalue weighted by atomic mass is 35.5. The van der Waals surface area contributed by atoms with Crippen molar-refractivity contribution in [3.8, 4) is 5.75 Å². The van der Waals surface area contributed by atoms with Gasteiger partial charge in [0, 0.05) is 23.0 Å². The summed E-state index contributed by atoms with van der Waals surface area (Å²) in [7, 11) is 1.04. The molecule has 12 nitrogen and oxygen atoms in total. The Kier molecular flexibility index (Phi) is 14.1. The summed E-state index contributed by atoms with van der Waals surface area (Å²) >= 11 is 6.07. The number of aromatic nitrogens is 1. The van der Waals surface area contributed by atoms with E-state index >= 15 is 4.39 Å². The molecule has 3 amide bonds. The van der Waals surface area contributed by atoms with Crippen LogP contribution in [0.15, 0.2) is 60.9 Å². The monoisotopic (exact) mass is 779 g/mol. The molecule has 1 aliphatic rings. The Balaban J connectivity index is 1.50. The number of anilines is 1. The first-order chi connectivity index (χ1) is 25.0. The molecule has 2 heterocycles. The third-order valence-electron chi connectivity index (χ3n) is 7.75. The lowest BCUT2D eigenvalue weighted by atomic mass is 9.84. The van der Waals surface area contributed by atoms with Gasteiger partial charge in [-0.1, -0.05) is 35.9 Å². The zero-order valence-electron chi connectivity index (χ0n) is 27.7. The number of carbonyl (C=O) groups is 3. The van der Waals surface area contributed by atoms with Crippen LogP contribution < -0.4 is 26.0 Å². The predicted octanol–water partition coefficient (Wildman–Crippen LogP) is 5.85. The third-order valence-corrected chi connectivity index (χ3v) is 8.00. The molecule has 3 aromatic rings. The first kappa shape index (κ1) is 40.9. The van der Waals surface area contributed by atoms with Crippen LogP contribution in [0.2, 0.25) is 5.02 Å². The second kappa shape index (κ2) is 18.2. The number of nitrogens with zero attached hydrogens (tertiary/aromatic N) is 1. The van der Waals surface area contributed by atoms with Gasteiger partial charge in [0.25, 0.3) is 0 Å². The molecule has 0 spiro atoms. The van der Waals surface area contributed by atoms with Gasteiger partial charge in [0.15, 0.2) is 0 Å². The maximum absolute atomic E-state index is 15.2. The second-order valence-corrected chi connectivity index (χ2v) is 12.0. The molecule has 1 saturated heterocycles. The van der Waals surface area contributed by atoms with Crippen molar-refractivity contribution in [2.45, 2.75) is 49.5 Å². The first-order valence-electron chi connectivity index (χ1n) is 15.7. The van der Waals surface area contributed by atoms with Crippen LogP contribution in [0.3, 0.4) is 0 Å². The smallest absolute Gasteiger partial charge is 0.453 e. The fourth-order valence-electron chi connectivity index (χ4n) is 5.34. The largest absolute Gasteiger partial charge is 0.573 e. The predicted molar refractivity (Wildman–Crippen MR) is 174 cm³/mol. The van der Waals surface area contributed by atoms with Crippen LogP contribution in [0.25, 0.3) is 0 Å². The van der Waals surface area contributed by atoms with Crippen molar-refractivity contribution >= 4 is 35.4 Å². The Labute approximate surface area is 302 Å². The number of amides is 3. The molecule has 4 rings (SSSR count). The van der Waals surface area contributed by atoms with E-state index < -0.39 is 72.8 Å². The third kappa shape index (κ3) is 12.9. The van der Waals surface area contributed by atoms with Gasteiger partial charge in [-0.3, -0.25) is 9.78 Å². The molecule has 53 heavy (non-hydrogen) atoms. The number of carbonyl (C=O) groups excluding carboxylic acids is 3. The van der Waals surface area contributed by atoms with Crippen molar-refractivity contribution in [1.82, 2.24) is 20.9 Å². The number of pyridine rings is 1. The minimum atomic E-state index is -5.02. The van der Waals surface area contributed by atoms with Crippen molar-refractivity contribution in [3.63, 3.8) is 0 Å². The molecule has 1 aromatic heterocycles.